The molecule has 0 heterocycles. The molecule has 10 heavy (non-hydrogen) atoms. The van der Waals surface area contributed by atoms with Crippen LogP contribution in [0.2, 0.25) is 0 Å². The first kappa shape index (κ1) is 9.96. The lowest BCUT2D eigenvalue weighted by Gasteiger charge is -2.13. The normalized spacial score (nSPS) is 13.5. The molecule has 1 heteroatoms. The largest absolute Gasteiger partial charge is 0.317 e. The molecule has 0 aromatic heterocycles. The SMILES string of the molecule is CCCC[C@@H](CCC)NC. The van der Waals surface area contributed by atoms with E-state index < -0.39 is 0 Å². The van der Waals surface area contributed by atoms with Crippen LogP contribution in [0.3, 0.4) is 0 Å². The second-order valence-electron chi connectivity index (χ2n) is 2.92. The van der Waals surface area contributed by atoms with Gasteiger partial charge in [0.2, 0.25) is 0 Å². The van der Waals surface area contributed by atoms with Crippen molar-refractivity contribution in [2.45, 2.75) is 52.0 Å². The third kappa shape index (κ3) is 4.80. The third-order valence-electron chi connectivity index (χ3n) is 1.95. The Hall–Kier alpha value is -0.0400. The van der Waals surface area contributed by atoms with Crippen molar-refractivity contribution in [2.24, 2.45) is 0 Å². The highest BCUT2D eigenvalue weighted by Crippen LogP contribution is 2.05. The Bertz CT molecular complexity index is 61.7. The van der Waals surface area contributed by atoms with Crippen LogP contribution in [0.25, 0.3) is 0 Å². The summed E-state index contributed by atoms with van der Waals surface area (Å²) in [6.45, 7) is 4.49. The zero-order chi connectivity index (χ0) is 7.82. The Balaban J connectivity index is 3.21. The second kappa shape index (κ2) is 7.07. The molecule has 0 radical (unpaired) electrons. The minimum absolute atomic E-state index is 0.768. The van der Waals surface area contributed by atoms with Gasteiger partial charge in [0.25, 0.3) is 0 Å². The fraction of sp³-hybridized carbons (Fsp3) is 1.00. The van der Waals surface area contributed by atoms with Crippen molar-refractivity contribution in [1.29, 1.82) is 0 Å². The zero-order valence-corrected chi connectivity index (χ0v) is 7.61. The van der Waals surface area contributed by atoms with Crippen molar-refractivity contribution in [3.8, 4) is 0 Å². The van der Waals surface area contributed by atoms with E-state index in [2.05, 4.69) is 26.2 Å². The van der Waals surface area contributed by atoms with E-state index in [4.69, 9.17) is 0 Å². The van der Waals surface area contributed by atoms with Crippen molar-refractivity contribution in [1.82, 2.24) is 5.32 Å². The van der Waals surface area contributed by atoms with Crippen LogP contribution in [-0.4, -0.2) is 13.1 Å². The highest BCUT2D eigenvalue weighted by atomic mass is 14.9. The standard InChI is InChI=1S/C9H21N/c1-4-6-8-9(10-3)7-5-2/h9-10H,4-8H2,1-3H3/t9-/m1/s1. The molecular formula is C9H21N. The highest BCUT2D eigenvalue weighted by molar-refractivity contribution is 4.62. The summed E-state index contributed by atoms with van der Waals surface area (Å²) >= 11 is 0. The average molecular weight is 143 g/mol. The molecular weight excluding hydrogens is 122 g/mol. The van der Waals surface area contributed by atoms with Gasteiger partial charge in [0.05, 0.1) is 0 Å². The van der Waals surface area contributed by atoms with Crippen molar-refractivity contribution in [2.75, 3.05) is 7.05 Å². The first-order chi connectivity index (χ1) is 4.85. The van der Waals surface area contributed by atoms with Crippen LogP contribution in [0.15, 0.2) is 0 Å². The van der Waals surface area contributed by atoms with Gasteiger partial charge in [-0.15, -0.1) is 0 Å². The van der Waals surface area contributed by atoms with Gasteiger partial charge in [-0.2, -0.15) is 0 Å². The summed E-state index contributed by atoms with van der Waals surface area (Å²) in [4.78, 5) is 0. The summed E-state index contributed by atoms with van der Waals surface area (Å²) in [6.07, 6.45) is 6.67. The molecule has 0 amide bonds. The van der Waals surface area contributed by atoms with Crippen molar-refractivity contribution in [3.63, 3.8) is 0 Å². The van der Waals surface area contributed by atoms with Gasteiger partial charge in [-0.3, -0.25) is 0 Å². The van der Waals surface area contributed by atoms with E-state index in [1.807, 2.05) is 0 Å². The number of rotatable bonds is 6. The van der Waals surface area contributed by atoms with Gasteiger partial charge in [-0.1, -0.05) is 33.1 Å². The van der Waals surface area contributed by atoms with Gasteiger partial charge in [-0.25, -0.2) is 0 Å². The summed E-state index contributed by atoms with van der Waals surface area (Å²) in [5.74, 6) is 0. The molecule has 0 spiro atoms. The fourth-order valence-corrected chi connectivity index (χ4v) is 1.23. The summed E-state index contributed by atoms with van der Waals surface area (Å²) in [5, 5.41) is 3.34. The van der Waals surface area contributed by atoms with Gasteiger partial charge in [0, 0.05) is 6.04 Å². The van der Waals surface area contributed by atoms with Gasteiger partial charge in [0.1, 0.15) is 0 Å². The molecule has 0 rings (SSSR count). The van der Waals surface area contributed by atoms with Gasteiger partial charge < -0.3 is 5.32 Å². The monoisotopic (exact) mass is 143 g/mol. The smallest absolute Gasteiger partial charge is 0.00639 e. The molecule has 1 N–H and O–H groups in total. The van der Waals surface area contributed by atoms with E-state index in [1.165, 1.54) is 32.1 Å². The molecule has 0 saturated carbocycles. The predicted octanol–water partition coefficient (Wildman–Crippen LogP) is 2.56. The Morgan fingerprint density at radius 1 is 1.10 bits per heavy atom. The summed E-state index contributed by atoms with van der Waals surface area (Å²) in [6, 6.07) is 0.768. The predicted molar refractivity (Wildman–Crippen MR) is 47.3 cm³/mol. The Morgan fingerprint density at radius 3 is 2.20 bits per heavy atom. The maximum absolute atomic E-state index is 3.34. The Morgan fingerprint density at radius 2 is 1.80 bits per heavy atom. The van der Waals surface area contributed by atoms with Crippen LogP contribution in [0.4, 0.5) is 0 Å². The van der Waals surface area contributed by atoms with Crippen LogP contribution < -0.4 is 5.32 Å². The molecule has 0 saturated heterocycles. The van der Waals surface area contributed by atoms with Crippen LogP contribution in [0, 0.1) is 0 Å². The molecule has 0 unspecified atom stereocenters. The molecule has 1 atom stereocenters. The van der Waals surface area contributed by atoms with Crippen molar-refractivity contribution in [3.05, 3.63) is 0 Å². The quantitative estimate of drug-likeness (QED) is 0.602. The molecule has 0 aromatic rings. The summed E-state index contributed by atoms with van der Waals surface area (Å²) in [7, 11) is 2.07. The lowest BCUT2D eigenvalue weighted by Crippen LogP contribution is -2.24. The van der Waals surface area contributed by atoms with Gasteiger partial charge >= 0.3 is 0 Å². The fourth-order valence-electron chi connectivity index (χ4n) is 1.23. The van der Waals surface area contributed by atoms with E-state index in [-0.39, 0.29) is 0 Å². The third-order valence-corrected chi connectivity index (χ3v) is 1.95. The Kier molecular flexibility index (Phi) is 7.04. The Labute approximate surface area is 65.2 Å². The number of unbranched alkanes of at least 4 members (excludes halogenated alkanes) is 1. The molecule has 1 nitrogen and oxygen atoms in total. The van der Waals surface area contributed by atoms with E-state index in [0.717, 1.165) is 6.04 Å². The second-order valence-corrected chi connectivity index (χ2v) is 2.92. The number of hydrogen-bond acceptors (Lipinski definition) is 1. The highest BCUT2D eigenvalue weighted by Gasteiger charge is 2.01. The van der Waals surface area contributed by atoms with Crippen LogP contribution in [0.1, 0.15) is 46.0 Å². The molecule has 0 bridgehead atoms. The summed E-state index contributed by atoms with van der Waals surface area (Å²) in [5.41, 5.74) is 0. The van der Waals surface area contributed by atoms with Gasteiger partial charge in [-0.05, 0) is 19.9 Å². The van der Waals surface area contributed by atoms with Crippen LogP contribution in [0.5, 0.6) is 0 Å². The molecule has 0 aromatic carbocycles. The minimum Gasteiger partial charge on any atom is -0.317 e. The van der Waals surface area contributed by atoms with Gasteiger partial charge in [0.15, 0.2) is 0 Å². The van der Waals surface area contributed by atoms with E-state index in [9.17, 15) is 0 Å². The zero-order valence-electron chi connectivity index (χ0n) is 7.61. The van der Waals surface area contributed by atoms with Crippen molar-refractivity contribution < 1.29 is 0 Å². The first-order valence-corrected chi connectivity index (χ1v) is 4.52. The minimum atomic E-state index is 0.768. The molecule has 0 aliphatic carbocycles. The molecule has 0 fully saturated rings. The lowest BCUT2D eigenvalue weighted by atomic mass is 10.1. The van der Waals surface area contributed by atoms with E-state index in [1.54, 1.807) is 0 Å². The average Bonchev–Trinajstić information content (AvgIpc) is 1.98. The maximum atomic E-state index is 3.34. The van der Waals surface area contributed by atoms with E-state index in [0.29, 0.717) is 0 Å². The van der Waals surface area contributed by atoms with Crippen LogP contribution >= 0.6 is 0 Å². The van der Waals surface area contributed by atoms with Crippen molar-refractivity contribution >= 4 is 0 Å². The van der Waals surface area contributed by atoms with E-state index >= 15 is 0 Å². The lowest BCUT2D eigenvalue weighted by molar-refractivity contribution is 0.467. The topological polar surface area (TPSA) is 12.0 Å². The maximum Gasteiger partial charge on any atom is 0.00639 e. The summed E-state index contributed by atoms with van der Waals surface area (Å²) < 4.78 is 0. The van der Waals surface area contributed by atoms with Crippen LogP contribution in [-0.2, 0) is 0 Å². The number of hydrogen-bond donors (Lipinski definition) is 1. The first-order valence-electron chi connectivity index (χ1n) is 4.52. The molecule has 62 valence electrons. The molecule has 0 aliphatic heterocycles. The molecule has 0 aliphatic rings. The number of nitrogens with one attached hydrogen (secondary N) is 1.